The van der Waals surface area contributed by atoms with E-state index in [1.807, 2.05) is 49.1 Å². The maximum Gasteiger partial charge on any atom is 0.319 e. The number of urea groups is 1. The average molecular weight is 331 g/mol. The molecule has 1 fully saturated rings. The molecule has 1 heterocycles. The van der Waals surface area contributed by atoms with E-state index in [0.29, 0.717) is 17.5 Å². The van der Waals surface area contributed by atoms with E-state index in [-0.39, 0.29) is 17.9 Å². The lowest BCUT2D eigenvalue weighted by atomic mass is 9.90. The first kappa shape index (κ1) is 18.3. The molecule has 1 aliphatic heterocycles. The molecule has 2 rings (SSSR count). The molecule has 1 saturated heterocycles. The van der Waals surface area contributed by atoms with E-state index in [4.69, 9.17) is 0 Å². The highest BCUT2D eigenvalue weighted by Gasteiger charge is 2.32. The van der Waals surface area contributed by atoms with Crippen molar-refractivity contribution in [1.29, 1.82) is 0 Å². The predicted octanol–water partition coefficient (Wildman–Crippen LogP) is 3.34. The molecular weight excluding hydrogens is 302 g/mol. The number of nitrogens with zero attached hydrogens (tertiary/aromatic N) is 1. The Morgan fingerprint density at radius 1 is 1.08 bits per heavy atom. The van der Waals surface area contributed by atoms with E-state index in [1.54, 1.807) is 0 Å². The SMILES string of the molecule is CC1CC(C)CN(C(=O)C(NC(=O)Nc2ccccc2)C(C)C)C1. The minimum atomic E-state index is -0.508. The molecule has 0 saturated carbocycles. The molecule has 1 aromatic carbocycles. The van der Waals surface area contributed by atoms with Gasteiger partial charge in [-0.1, -0.05) is 45.9 Å². The van der Waals surface area contributed by atoms with Gasteiger partial charge in [-0.15, -0.1) is 0 Å². The Morgan fingerprint density at radius 3 is 2.21 bits per heavy atom. The fourth-order valence-electron chi connectivity index (χ4n) is 3.38. The van der Waals surface area contributed by atoms with Gasteiger partial charge in [0.15, 0.2) is 0 Å². The number of carbonyl (C=O) groups excluding carboxylic acids is 2. The van der Waals surface area contributed by atoms with Gasteiger partial charge in [-0.25, -0.2) is 4.79 Å². The minimum absolute atomic E-state index is 0.0200. The van der Waals surface area contributed by atoms with Gasteiger partial charge in [0.2, 0.25) is 5.91 Å². The summed E-state index contributed by atoms with van der Waals surface area (Å²) >= 11 is 0. The Labute approximate surface area is 144 Å². The van der Waals surface area contributed by atoms with Gasteiger partial charge < -0.3 is 15.5 Å². The number of rotatable bonds is 4. The lowest BCUT2D eigenvalue weighted by Gasteiger charge is -2.37. The van der Waals surface area contributed by atoms with E-state index in [9.17, 15) is 9.59 Å². The zero-order chi connectivity index (χ0) is 17.7. The summed E-state index contributed by atoms with van der Waals surface area (Å²) in [6, 6.07) is 8.40. The van der Waals surface area contributed by atoms with Crippen molar-refractivity contribution < 1.29 is 9.59 Å². The standard InChI is InChI=1S/C19H29N3O2/c1-13(2)17(18(23)22-11-14(3)10-15(4)12-22)21-19(24)20-16-8-6-5-7-9-16/h5-9,13-15,17H,10-12H2,1-4H3,(H2,20,21,24). The molecule has 0 spiro atoms. The van der Waals surface area contributed by atoms with Crippen LogP contribution in [0.15, 0.2) is 30.3 Å². The van der Waals surface area contributed by atoms with E-state index < -0.39 is 6.04 Å². The van der Waals surface area contributed by atoms with Gasteiger partial charge >= 0.3 is 6.03 Å². The van der Waals surface area contributed by atoms with Gasteiger partial charge in [-0.05, 0) is 36.3 Å². The molecule has 24 heavy (non-hydrogen) atoms. The predicted molar refractivity (Wildman–Crippen MR) is 96.7 cm³/mol. The third kappa shape index (κ3) is 4.98. The van der Waals surface area contributed by atoms with Crippen LogP contribution in [-0.4, -0.2) is 36.0 Å². The number of amides is 3. The topological polar surface area (TPSA) is 61.4 Å². The summed E-state index contributed by atoms with van der Waals surface area (Å²) < 4.78 is 0. The molecule has 0 aliphatic carbocycles. The molecule has 3 atom stereocenters. The number of nitrogens with one attached hydrogen (secondary N) is 2. The number of hydrogen-bond donors (Lipinski definition) is 2. The second kappa shape index (κ2) is 8.18. The molecule has 1 aliphatic rings. The molecule has 3 unspecified atom stereocenters. The highest BCUT2D eigenvalue weighted by Crippen LogP contribution is 2.22. The van der Waals surface area contributed by atoms with E-state index >= 15 is 0 Å². The largest absolute Gasteiger partial charge is 0.340 e. The first-order valence-corrected chi connectivity index (χ1v) is 8.78. The molecule has 5 nitrogen and oxygen atoms in total. The molecule has 3 amide bonds. The zero-order valence-corrected chi connectivity index (χ0v) is 15.1. The van der Waals surface area contributed by atoms with Crippen LogP contribution in [0.1, 0.15) is 34.1 Å². The van der Waals surface area contributed by atoms with Gasteiger partial charge in [0.05, 0.1) is 0 Å². The third-order valence-corrected chi connectivity index (χ3v) is 4.43. The molecule has 2 N–H and O–H groups in total. The number of anilines is 1. The summed E-state index contributed by atoms with van der Waals surface area (Å²) in [6.07, 6.45) is 1.15. The maximum atomic E-state index is 12.9. The van der Waals surface area contributed by atoms with E-state index in [0.717, 1.165) is 19.5 Å². The van der Waals surface area contributed by atoms with Crippen LogP contribution >= 0.6 is 0 Å². The van der Waals surface area contributed by atoms with Crippen molar-refractivity contribution in [2.45, 2.75) is 40.2 Å². The summed E-state index contributed by atoms with van der Waals surface area (Å²) in [5.74, 6) is 1.06. The van der Waals surface area contributed by atoms with Crippen LogP contribution in [0.5, 0.6) is 0 Å². The normalized spacial score (nSPS) is 22.1. The summed E-state index contributed by atoms with van der Waals surface area (Å²) in [5, 5.41) is 5.63. The molecular formula is C19H29N3O2. The molecule has 1 aromatic rings. The second-order valence-corrected chi connectivity index (χ2v) is 7.38. The van der Waals surface area contributed by atoms with Crippen LogP contribution in [0, 0.1) is 17.8 Å². The van der Waals surface area contributed by atoms with E-state index in [1.165, 1.54) is 0 Å². The van der Waals surface area contributed by atoms with Gasteiger partial charge in [0, 0.05) is 18.8 Å². The maximum absolute atomic E-state index is 12.9. The molecule has 5 heteroatoms. The Bertz CT molecular complexity index is 549. The number of para-hydroxylation sites is 1. The highest BCUT2D eigenvalue weighted by molar-refractivity contribution is 5.93. The van der Waals surface area contributed by atoms with Crippen molar-refractivity contribution in [3.63, 3.8) is 0 Å². The Hall–Kier alpha value is -2.04. The quantitative estimate of drug-likeness (QED) is 0.889. The number of carbonyl (C=O) groups is 2. The number of piperidine rings is 1. The lowest BCUT2D eigenvalue weighted by molar-refractivity contribution is -0.136. The van der Waals surface area contributed by atoms with Gasteiger partial charge in [0.25, 0.3) is 0 Å². The van der Waals surface area contributed by atoms with Gasteiger partial charge in [0.1, 0.15) is 6.04 Å². The van der Waals surface area contributed by atoms with Crippen molar-refractivity contribution in [2.75, 3.05) is 18.4 Å². The monoisotopic (exact) mass is 331 g/mol. The Kier molecular flexibility index (Phi) is 6.23. The summed E-state index contributed by atoms with van der Waals surface area (Å²) in [4.78, 5) is 27.1. The van der Waals surface area contributed by atoms with Crippen molar-refractivity contribution in [3.05, 3.63) is 30.3 Å². The van der Waals surface area contributed by atoms with Crippen molar-refractivity contribution in [1.82, 2.24) is 10.2 Å². The van der Waals surface area contributed by atoms with Crippen molar-refractivity contribution >= 4 is 17.6 Å². The molecule has 132 valence electrons. The number of likely N-dealkylation sites (tertiary alicyclic amines) is 1. The minimum Gasteiger partial charge on any atom is -0.340 e. The van der Waals surface area contributed by atoms with Crippen LogP contribution in [0.3, 0.4) is 0 Å². The van der Waals surface area contributed by atoms with Crippen LogP contribution in [0.2, 0.25) is 0 Å². The fourth-order valence-corrected chi connectivity index (χ4v) is 3.38. The van der Waals surface area contributed by atoms with E-state index in [2.05, 4.69) is 24.5 Å². The van der Waals surface area contributed by atoms with Crippen molar-refractivity contribution in [2.24, 2.45) is 17.8 Å². The van der Waals surface area contributed by atoms with Crippen LogP contribution in [0.4, 0.5) is 10.5 Å². The molecule has 0 radical (unpaired) electrons. The van der Waals surface area contributed by atoms with Crippen LogP contribution in [-0.2, 0) is 4.79 Å². The Morgan fingerprint density at radius 2 is 1.67 bits per heavy atom. The number of hydrogen-bond acceptors (Lipinski definition) is 2. The molecule has 0 bridgehead atoms. The second-order valence-electron chi connectivity index (χ2n) is 7.38. The first-order valence-electron chi connectivity index (χ1n) is 8.78. The third-order valence-electron chi connectivity index (χ3n) is 4.43. The Balaban J connectivity index is 2.00. The summed E-state index contributed by atoms with van der Waals surface area (Å²) in [5.41, 5.74) is 0.713. The highest BCUT2D eigenvalue weighted by atomic mass is 16.2. The molecule has 0 aromatic heterocycles. The fraction of sp³-hybridized carbons (Fsp3) is 0.579. The lowest BCUT2D eigenvalue weighted by Crippen LogP contribution is -2.55. The summed E-state index contributed by atoms with van der Waals surface area (Å²) in [6.45, 7) is 9.82. The average Bonchev–Trinajstić information content (AvgIpc) is 2.51. The zero-order valence-electron chi connectivity index (χ0n) is 15.1. The van der Waals surface area contributed by atoms with Crippen LogP contribution < -0.4 is 10.6 Å². The smallest absolute Gasteiger partial charge is 0.319 e. The summed E-state index contributed by atoms with van der Waals surface area (Å²) in [7, 11) is 0. The first-order chi connectivity index (χ1) is 11.4. The van der Waals surface area contributed by atoms with Gasteiger partial charge in [-0.3, -0.25) is 4.79 Å². The van der Waals surface area contributed by atoms with Crippen LogP contribution in [0.25, 0.3) is 0 Å². The van der Waals surface area contributed by atoms with Gasteiger partial charge in [-0.2, -0.15) is 0 Å². The number of benzene rings is 1. The van der Waals surface area contributed by atoms with Crippen molar-refractivity contribution in [3.8, 4) is 0 Å².